The maximum Gasteiger partial charge on any atom is 0.229 e. The molecular formula is C29H38F2N8. The largest absolute Gasteiger partial charge is 0.391 e. The predicted molar refractivity (Wildman–Crippen MR) is 152 cm³/mol. The van der Waals surface area contributed by atoms with E-state index in [-0.39, 0.29) is 28.8 Å². The van der Waals surface area contributed by atoms with Crippen molar-refractivity contribution in [2.24, 2.45) is 5.92 Å². The van der Waals surface area contributed by atoms with Crippen molar-refractivity contribution >= 4 is 23.1 Å². The predicted octanol–water partition coefficient (Wildman–Crippen LogP) is 4.85. The van der Waals surface area contributed by atoms with Gasteiger partial charge < -0.3 is 15.5 Å². The average Bonchev–Trinajstić information content (AvgIpc) is 2.92. The third-order valence-corrected chi connectivity index (χ3v) is 7.24. The van der Waals surface area contributed by atoms with Crippen LogP contribution in [0.1, 0.15) is 44.6 Å². The van der Waals surface area contributed by atoms with E-state index in [1.807, 2.05) is 19.9 Å². The van der Waals surface area contributed by atoms with Gasteiger partial charge in [-0.15, -0.1) is 0 Å². The lowest BCUT2D eigenvalue weighted by molar-refractivity contribution is 0.201. The first-order valence-electron chi connectivity index (χ1n) is 13.6. The van der Waals surface area contributed by atoms with Crippen molar-refractivity contribution in [3.05, 3.63) is 70.3 Å². The van der Waals surface area contributed by atoms with Gasteiger partial charge in [0.2, 0.25) is 5.95 Å². The van der Waals surface area contributed by atoms with Crippen molar-refractivity contribution in [1.82, 2.24) is 30.1 Å². The molecule has 0 fully saturated rings. The second-order valence-electron chi connectivity index (χ2n) is 10.1. The van der Waals surface area contributed by atoms with Crippen molar-refractivity contribution < 1.29 is 8.78 Å². The third kappa shape index (κ3) is 6.57. The van der Waals surface area contributed by atoms with Gasteiger partial charge >= 0.3 is 0 Å². The highest BCUT2D eigenvalue weighted by Gasteiger charge is 2.24. The molecule has 8 nitrogen and oxygen atoms in total. The smallest absolute Gasteiger partial charge is 0.229 e. The van der Waals surface area contributed by atoms with Gasteiger partial charge in [-0.25, -0.2) is 23.7 Å². The van der Waals surface area contributed by atoms with E-state index in [0.717, 1.165) is 63.7 Å². The van der Waals surface area contributed by atoms with Crippen LogP contribution < -0.4 is 10.6 Å². The van der Waals surface area contributed by atoms with Gasteiger partial charge in [-0.1, -0.05) is 33.8 Å². The lowest BCUT2D eigenvalue weighted by atomic mass is 9.92. The highest BCUT2D eigenvalue weighted by molar-refractivity contribution is 6.15. The van der Waals surface area contributed by atoms with Crippen LogP contribution in [0.25, 0.3) is 5.57 Å². The Morgan fingerprint density at radius 2 is 1.92 bits per heavy atom. The summed E-state index contributed by atoms with van der Waals surface area (Å²) in [5.41, 5.74) is 3.24. The number of nitrogens with one attached hydrogen (secondary N) is 3. The van der Waals surface area contributed by atoms with E-state index >= 15 is 0 Å². The van der Waals surface area contributed by atoms with E-state index in [4.69, 9.17) is 10.4 Å². The number of hydrogen-bond donors (Lipinski definition) is 3. The summed E-state index contributed by atoms with van der Waals surface area (Å²) in [5, 5.41) is 14.3. The first-order chi connectivity index (χ1) is 18.7. The fourth-order valence-corrected chi connectivity index (χ4v) is 4.99. The molecule has 0 atom stereocenters. The minimum absolute atomic E-state index is 0.0192. The standard InChI is InChI=1S/C29H38F2N8/c1-6-38(7-2)12-13-39-11-10-24-19(17-39)8-9-25(35-24)36-29-34-16-23(31)28(37-29)20-14-21(26(32)22(30)15-20)27(33-5)18(3)4/h8-9,14-16,18,32-33H,6-7,10-13,17H2,1-5H3,(H,34,35,36,37)/b27-21-,32-26?. The number of aromatic nitrogens is 3. The molecule has 0 spiro atoms. The summed E-state index contributed by atoms with van der Waals surface area (Å²) in [5.74, 6) is -0.671. The number of allylic oxidation sites excluding steroid dienone is 6. The summed E-state index contributed by atoms with van der Waals surface area (Å²) < 4.78 is 29.6. The van der Waals surface area contributed by atoms with Crippen LogP contribution in [0.5, 0.6) is 0 Å². The first kappa shape index (κ1) is 28.5. The van der Waals surface area contributed by atoms with E-state index in [1.54, 1.807) is 13.1 Å². The molecule has 4 rings (SSSR count). The zero-order valence-corrected chi connectivity index (χ0v) is 23.4. The summed E-state index contributed by atoms with van der Waals surface area (Å²) in [6, 6.07) is 3.94. The monoisotopic (exact) mass is 536 g/mol. The molecule has 1 aliphatic heterocycles. The zero-order valence-electron chi connectivity index (χ0n) is 23.4. The Hall–Kier alpha value is -3.50. The molecule has 0 saturated heterocycles. The molecule has 0 aromatic carbocycles. The summed E-state index contributed by atoms with van der Waals surface area (Å²) in [6.07, 6.45) is 4.64. The Morgan fingerprint density at radius 1 is 1.15 bits per heavy atom. The molecule has 10 heteroatoms. The number of hydrogen-bond acceptors (Lipinski definition) is 8. The Balaban J connectivity index is 1.53. The second kappa shape index (κ2) is 12.6. The molecule has 39 heavy (non-hydrogen) atoms. The summed E-state index contributed by atoms with van der Waals surface area (Å²) in [7, 11) is 1.72. The molecule has 3 N–H and O–H groups in total. The van der Waals surface area contributed by atoms with Gasteiger partial charge in [-0.05, 0) is 42.8 Å². The van der Waals surface area contributed by atoms with E-state index < -0.39 is 11.6 Å². The van der Waals surface area contributed by atoms with Gasteiger partial charge in [0.05, 0.1) is 11.9 Å². The molecule has 2 aliphatic rings. The van der Waals surface area contributed by atoms with Crippen LogP contribution >= 0.6 is 0 Å². The SMILES string of the molecule is CCN(CC)CCN1CCc2nc(Nc3ncc(F)c(C4=C/C(=C(/NC)C(C)C)C(=N)C(F)=C4)n3)ccc2C1. The van der Waals surface area contributed by atoms with Crippen LogP contribution in [-0.2, 0) is 13.0 Å². The minimum atomic E-state index is -0.745. The fraction of sp³-hybridized carbons (Fsp3) is 0.448. The maximum atomic E-state index is 14.9. The lowest BCUT2D eigenvalue weighted by Gasteiger charge is -2.30. The molecule has 3 heterocycles. The van der Waals surface area contributed by atoms with Crippen molar-refractivity contribution in [3.8, 4) is 0 Å². The van der Waals surface area contributed by atoms with Crippen LogP contribution in [0.4, 0.5) is 20.5 Å². The number of fused-ring (bicyclic) bond motifs is 1. The fourth-order valence-electron chi connectivity index (χ4n) is 4.99. The van der Waals surface area contributed by atoms with Crippen LogP contribution in [-0.4, -0.2) is 70.2 Å². The van der Waals surface area contributed by atoms with Crippen LogP contribution in [0.2, 0.25) is 0 Å². The molecule has 0 saturated carbocycles. The average molecular weight is 537 g/mol. The minimum Gasteiger partial charge on any atom is -0.391 e. The van der Waals surface area contributed by atoms with Crippen molar-refractivity contribution in [2.75, 3.05) is 45.1 Å². The molecule has 208 valence electrons. The summed E-state index contributed by atoms with van der Waals surface area (Å²) in [4.78, 5) is 18.1. The zero-order chi connectivity index (χ0) is 28.1. The third-order valence-electron chi connectivity index (χ3n) is 7.24. The van der Waals surface area contributed by atoms with Crippen molar-refractivity contribution in [1.29, 1.82) is 5.41 Å². The first-order valence-corrected chi connectivity index (χ1v) is 13.6. The quantitative estimate of drug-likeness (QED) is 0.400. The van der Waals surface area contributed by atoms with Crippen LogP contribution in [0, 0.1) is 17.1 Å². The lowest BCUT2D eigenvalue weighted by Crippen LogP contribution is -2.38. The van der Waals surface area contributed by atoms with E-state index in [0.29, 0.717) is 17.1 Å². The number of anilines is 2. The van der Waals surface area contributed by atoms with Crippen molar-refractivity contribution in [2.45, 2.75) is 40.7 Å². The molecule has 0 bridgehead atoms. The molecule has 1 aliphatic carbocycles. The van der Waals surface area contributed by atoms with E-state index in [2.05, 4.69) is 50.3 Å². The molecule has 0 radical (unpaired) electrons. The Kier molecular flexibility index (Phi) is 9.19. The topological polar surface area (TPSA) is 93.1 Å². The van der Waals surface area contributed by atoms with Crippen LogP contribution in [0.3, 0.4) is 0 Å². The number of pyridine rings is 1. The van der Waals surface area contributed by atoms with Crippen LogP contribution in [0.15, 0.2) is 47.6 Å². The number of halogens is 2. The maximum absolute atomic E-state index is 14.9. The normalized spacial score (nSPS) is 17.2. The molecule has 0 amide bonds. The number of rotatable bonds is 10. The molecule has 2 aromatic rings. The van der Waals surface area contributed by atoms with Gasteiger partial charge in [0, 0.05) is 62.2 Å². The summed E-state index contributed by atoms with van der Waals surface area (Å²) in [6.45, 7) is 14.3. The Bertz CT molecular complexity index is 1310. The van der Waals surface area contributed by atoms with E-state index in [1.165, 1.54) is 5.56 Å². The molecule has 2 aromatic heterocycles. The Labute approximate surface area is 229 Å². The van der Waals surface area contributed by atoms with Gasteiger partial charge in [0.15, 0.2) is 5.82 Å². The van der Waals surface area contributed by atoms with Gasteiger partial charge in [0.1, 0.15) is 17.3 Å². The van der Waals surface area contributed by atoms with E-state index in [9.17, 15) is 8.78 Å². The highest BCUT2D eigenvalue weighted by atomic mass is 19.1. The summed E-state index contributed by atoms with van der Waals surface area (Å²) >= 11 is 0. The highest BCUT2D eigenvalue weighted by Crippen LogP contribution is 2.31. The van der Waals surface area contributed by atoms with Crippen molar-refractivity contribution in [3.63, 3.8) is 0 Å². The van der Waals surface area contributed by atoms with Gasteiger partial charge in [-0.2, -0.15) is 0 Å². The number of likely N-dealkylation sites (N-methyl/N-ethyl adjacent to an activating group) is 1. The second-order valence-corrected chi connectivity index (χ2v) is 10.1. The molecule has 0 unspecified atom stereocenters. The Morgan fingerprint density at radius 3 is 2.62 bits per heavy atom. The number of nitrogens with zero attached hydrogens (tertiary/aromatic N) is 5. The van der Waals surface area contributed by atoms with Gasteiger partial charge in [-0.3, -0.25) is 10.3 Å². The molecular weight excluding hydrogens is 498 g/mol. The van der Waals surface area contributed by atoms with Gasteiger partial charge in [0.25, 0.3) is 0 Å².